The largest absolute Gasteiger partial charge is 0.351 e. The molecule has 1 N–H and O–H groups in total. The highest BCUT2D eigenvalue weighted by Gasteiger charge is 2.08. The third-order valence-electron chi connectivity index (χ3n) is 1.73. The molecule has 0 bridgehead atoms. The van der Waals surface area contributed by atoms with Crippen molar-refractivity contribution in [1.29, 1.82) is 0 Å². The summed E-state index contributed by atoms with van der Waals surface area (Å²) in [4.78, 5) is 11.6. The molecule has 0 unspecified atom stereocenters. The van der Waals surface area contributed by atoms with E-state index in [0.29, 0.717) is 28.0 Å². The Balaban J connectivity index is 2.70. The molecule has 2 nitrogen and oxygen atoms in total. The molecule has 1 amide bonds. The molecule has 0 spiro atoms. The van der Waals surface area contributed by atoms with Crippen molar-refractivity contribution in [2.24, 2.45) is 0 Å². The van der Waals surface area contributed by atoms with Crippen molar-refractivity contribution in [3.63, 3.8) is 0 Å². The number of rotatable bonds is 3. The van der Waals surface area contributed by atoms with E-state index in [1.54, 1.807) is 18.2 Å². The fourth-order valence-electron chi connectivity index (χ4n) is 1.02. The van der Waals surface area contributed by atoms with Crippen LogP contribution in [0, 0.1) is 12.3 Å². The van der Waals surface area contributed by atoms with Gasteiger partial charge in [-0.3, -0.25) is 4.79 Å². The first-order valence-electron chi connectivity index (χ1n) is 4.32. The Morgan fingerprint density at radius 2 is 2.33 bits per heavy atom. The summed E-state index contributed by atoms with van der Waals surface area (Å²) in [5, 5.41) is 3.29. The molecule has 1 rings (SSSR count). The van der Waals surface area contributed by atoms with Gasteiger partial charge >= 0.3 is 0 Å². The van der Waals surface area contributed by atoms with Crippen molar-refractivity contribution >= 4 is 33.4 Å². The number of amides is 1. The van der Waals surface area contributed by atoms with Gasteiger partial charge in [0.05, 0.1) is 5.56 Å². The van der Waals surface area contributed by atoms with E-state index in [-0.39, 0.29) is 5.91 Å². The zero-order valence-electron chi connectivity index (χ0n) is 7.89. The average molecular weight is 287 g/mol. The molecule has 4 heteroatoms. The van der Waals surface area contributed by atoms with Gasteiger partial charge in [-0.05, 0) is 34.1 Å². The minimum absolute atomic E-state index is 0.159. The highest BCUT2D eigenvalue weighted by atomic mass is 79.9. The molecule has 15 heavy (non-hydrogen) atoms. The molecule has 0 heterocycles. The molecule has 1 aromatic rings. The van der Waals surface area contributed by atoms with Gasteiger partial charge in [-0.25, -0.2) is 0 Å². The topological polar surface area (TPSA) is 29.1 Å². The second-order valence-corrected chi connectivity index (χ2v) is 4.12. The lowest BCUT2D eigenvalue weighted by Crippen LogP contribution is -2.24. The van der Waals surface area contributed by atoms with Crippen LogP contribution in [0.1, 0.15) is 16.8 Å². The van der Waals surface area contributed by atoms with Gasteiger partial charge < -0.3 is 5.32 Å². The van der Waals surface area contributed by atoms with Crippen molar-refractivity contribution in [3.05, 3.63) is 33.3 Å². The summed E-state index contributed by atoms with van der Waals surface area (Å²) in [6.07, 6.45) is 5.60. The van der Waals surface area contributed by atoms with Crippen LogP contribution in [0.3, 0.4) is 0 Å². The number of hydrogen-bond donors (Lipinski definition) is 1. The van der Waals surface area contributed by atoms with E-state index in [0.717, 1.165) is 0 Å². The van der Waals surface area contributed by atoms with E-state index in [1.165, 1.54) is 0 Å². The van der Waals surface area contributed by atoms with Crippen molar-refractivity contribution < 1.29 is 4.79 Å². The predicted octanol–water partition coefficient (Wildman–Crippen LogP) is 2.86. The Kier molecular flexibility index (Phi) is 4.67. The summed E-state index contributed by atoms with van der Waals surface area (Å²) in [7, 11) is 0. The highest BCUT2D eigenvalue weighted by Crippen LogP contribution is 2.21. The van der Waals surface area contributed by atoms with Crippen molar-refractivity contribution in [1.82, 2.24) is 5.32 Å². The van der Waals surface area contributed by atoms with Crippen LogP contribution in [0.15, 0.2) is 22.7 Å². The van der Waals surface area contributed by atoms with Gasteiger partial charge in [0.15, 0.2) is 0 Å². The van der Waals surface area contributed by atoms with Crippen molar-refractivity contribution in [3.8, 4) is 12.3 Å². The first kappa shape index (κ1) is 12.1. The Morgan fingerprint density at radius 1 is 1.60 bits per heavy atom. The fourth-order valence-corrected chi connectivity index (χ4v) is 1.88. The molecule has 0 radical (unpaired) electrons. The highest BCUT2D eigenvalue weighted by molar-refractivity contribution is 9.10. The van der Waals surface area contributed by atoms with E-state index >= 15 is 0 Å². The van der Waals surface area contributed by atoms with Crippen LogP contribution in [0.25, 0.3) is 0 Å². The van der Waals surface area contributed by atoms with Gasteiger partial charge in [-0.15, -0.1) is 12.3 Å². The lowest BCUT2D eigenvalue weighted by Gasteiger charge is -2.05. The third-order valence-corrected chi connectivity index (χ3v) is 2.62. The summed E-state index contributed by atoms with van der Waals surface area (Å²) in [6, 6.07) is 5.01. The zero-order valence-corrected chi connectivity index (χ0v) is 10.2. The Labute approximate surface area is 102 Å². The van der Waals surface area contributed by atoms with Gasteiger partial charge in [-0.1, -0.05) is 11.6 Å². The third kappa shape index (κ3) is 3.58. The average Bonchev–Trinajstić information content (AvgIpc) is 2.17. The summed E-state index contributed by atoms with van der Waals surface area (Å²) >= 11 is 9.03. The van der Waals surface area contributed by atoms with Crippen LogP contribution < -0.4 is 5.32 Å². The van der Waals surface area contributed by atoms with Gasteiger partial charge in [-0.2, -0.15) is 0 Å². The van der Waals surface area contributed by atoms with E-state index < -0.39 is 0 Å². The number of halogens is 2. The lowest BCUT2D eigenvalue weighted by atomic mass is 10.2. The standard InChI is InChI=1S/C11H9BrClNO/c1-2-3-6-14-11(15)9-5-4-8(13)7-10(9)12/h1,4-5,7H,3,6H2,(H,14,15). The quantitative estimate of drug-likeness (QED) is 0.672. The molecule has 0 atom stereocenters. The molecule has 0 aliphatic carbocycles. The maximum absolute atomic E-state index is 11.6. The van der Waals surface area contributed by atoms with Gasteiger partial charge in [0.25, 0.3) is 5.91 Å². The minimum Gasteiger partial charge on any atom is -0.351 e. The maximum Gasteiger partial charge on any atom is 0.252 e. The fraction of sp³-hybridized carbons (Fsp3) is 0.182. The summed E-state index contributed by atoms with van der Waals surface area (Å²) < 4.78 is 0.674. The zero-order chi connectivity index (χ0) is 11.3. The smallest absolute Gasteiger partial charge is 0.252 e. The molecule has 78 valence electrons. The molecule has 0 saturated heterocycles. The van der Waals surface area contributed by atoms with E-state index in [1.807, 2.05) is 0 Å². The van der Waals surface area contributed by atoms with Crippen LogP contribution in [0.4, 0.5) is 0 Å². The van der Waals surface area contributed by atoms with Crippen LogP contribution in [-0.4, -0.2) is 12.5 Å². The number of nitrogens with one attached hydrogen (secondary N) is 1. The van der Waals surface area contributed by atoms with E-state index in [2.05, 4.69) is 27.2 Å². The molecular formula is C11H9BrClNO. The molecule has 0 aliphatic heterocycles. The number of carbonyl (C=O) groups excluding carboxylic acids is 1. The van der Waals surface area contributed by atoms with Crippen LogP contribution in [-0.2, 0) is 0 Å². The Morgan fingerprint density at radius 3 is 2.93 bits per heavy atom. The molecule has 0 saturated carbocycles. The Bertz CT molecular complexity index is 412. The monoisotopic (exact) mass is 285 g/mol. The first-order chi connectivity index (χ1) is 7.15. The predicted molar refractivity (Wildman–Crippen MR) is 64.9 cm³/mol. The Hall–Kier alpha value is -0.980. The minimum atomic E-state index is -0.159. The number of terminal acetylenes is 1. The van der Waals surface area contributed by atoms with Gasteiger partial charge in [0, 0.05) is 22.5 Å². The summed E-state index contributed by atoms with van der Waals surface area (Å²) in [5.74, 6) is 2.29. The molecule has 0 aromatic heterocycles. The first-order valence-corrected chi connectivity index (χ1v) is 5.49. The number of carbonyl (C=O) groups is 1. The maximum atomic E-state index is 11.6. The lowest BCUT2D eigenvalue weighted by molar-refractivity contribution is 0.0954. The number of hydrogen-bond acceptors (Lipinski definition) is 1. The van der Waals surface area contributed by atoms with Gasteiger partial charge in [0.2, 0.25) is 0 Å². The molecular weight excluding hydrogens is 277 g/mol. The molecule has 1 aromatic carbocycles. The van der Waals surface area contributed by atoms with Crippen LogP contribution in [0.2, 0.25) is 5.02 Å². The second kappa shape index (κ2) is 5.79. The van der Waals surface area contributed by atoms with Gasteiger partial charge in [0.1, 0.15) is 0 Å². The van der Waals surface area contributed by atoms with Crippen LogP contribution in [0.5, 0.6) is 0 Å². The molecule has 0 aliphatic rings. The normalized spacial score (nSPS) is 9.40. The summed E-state index contributed by atoms with van der Waals surface area (Å²) in [6.45, 7) is 0.477. The van der Waals surface area contributed by atoms with E-state index in [9.17, 15) is 4.79 Å². The SMILES string of the molecule is C#CCCNC(=O)c1ccc(Cl)cc1Br. The number of benzene rings is 1. The van der Waals surface area contributed by atoms with Crippen LogP contribution >= 0.6 is 27.5 Å². The summed E-state index contributed by atoms with van der Waals surface area (Å²) in [5.41, 5.74) is 0.552. The van der Waals surface area contributed by atoms with Crippen molar-refractivity contribution in [2.75, 3.05) is 6.54 Å². The van der Waals surface area contributed by atoms with Crippen molar-refractivity contribution in [2.45, 2.75) is 6.42 Å². The second-order valence-electron chi connectivity index (χ2n) is 2.83. The van der Waals surface area contributed by atoms with E-state index in [4.69, 9.17) is 18.0 Å². The molecule has 0 fully saturated rings.